The van der Waals surface area contributed by atoms with E-state index in [2.05, 4.69) is 46.8 Å². The molecule has 0 bridgehead atoms. The third-order valence-corrected chi connectivity index (χ3v) is 9.02. The van der Waals surface area contributed by atoms with Gasteiger partial charge < -0.3 is 13.7 Å². The van der Waals surface area contributed by atoms with Crippen LogP contribution in [0, 0.1) is 5.41 Å². The number of halogens is 1. The van der Waals surface area contributed by atoms with Crippen LogP contribution < -0.4 is 5.62 Å². The van der Waals surface area contributed by atoms with Crippen LogP contribution in [0.3, 0.4) is 0 Å². The number of carbonyl (C=O) groups is 1. The Morgan fingerprint density at radius 3 is 2.24 bits per heavy atom. The van der Waals surface area contributed by atoms with Crippen molar-refractivity contribution in [3.8, 4) is 0 Å². The van der Waals surface area contributed by atoms with Crippen molar-refractivity contribution in [1.82, 2.24) is 9.13 Å². The quantitative estimate of drug-likeness (QED) is 0.211. The molecule has 3 aromatic carbocycles. The Morgan fingerprint density at radius 1 is 1.00 bits per heavy atom. The number of carbonyl (C=O) groups excluding carboxylic acids is 1. The molecule has 0 radical (unpaired) electrons. The average molecular weight is 595 g/mol. The van der Waals surface area contributed by atoms with E-state index in [-0.39, 0.29) is 40.1 Å². The minimum atomic E-state index is -1.07. The van der Waals surface area contributed by atoms with Gasteiger partial charge in [0.1, 0.15) is 5.75 Å². The molecule has 1 aliphatic rings. The molecule has 1 N–H and O–H groups in total. The number of Topliss-reactive ketones (excluding diaryl/α,β-unsaturated/α-hetero) is 1. The lowest BCUT2D eigenvalue weighted by molar-refractivity contribution is 0.0971. The normalized spacial score (nSPS) is 16.6. The molecular weight excluding hydrogens is 558 g/mol. The third kappa shape index (κ3) is 5.16. The van der Waals surface area contributed by atoms with Crippen molar-refractivity contribution in [3.05, 3.63) is 94.6 Å². The van der Waals surface area contributed by atoms with Crippen molar-refractivity contribution < 1.29 is 9.35 Å². The van der Waals surface area contributed by atoms with Crippen LogP contribution in [0.25, 0.3) is 11.0 Å². The summed E-state index contributed by atoms with van der Waals surface area (Å²) in [7, 11) is 0. The Kier molecular flexibility index (Phi) is 7.86. The van der Waals surface area contributed by atoms with Crippen LogP contribution in [0.1, 0.15) is 68.1 Å². The van der Waals surface area contributed by atoms with E-state index in [1.165, 1.54) is 0 Å². The molecule has 5 rings (SSSR count). The smallest absolute Gasteiger partial charge is 0.203 e. The van der Waals surface area contributed by atoms with Crippen LogP contribution in [0.15, 0.2) is 71.6 Å². The van der Waals surface area contributed by atoms with Crippen molar-refractivity contribution in [2.45, 2.75) is 69.9 Å². The minimum Gasteiger partial charge on any atom is -0.611 e. The monoisotopic (exact) mass is 593 g/mol. The molecule has 1 aromatic heterocycles. The molecular formula is C31H36BrN3O2S. The molecule has 0 fully saturated rings. The third-order valence-electron chi connectivity index (χ3n) is 7.55. The van der Waals surface area contributed by atoms with Gasteiger partial charge in [-0.25, -0.2) is 0 Å². The molecule has 1 atom stereocenters. The van der Waals surface area contributed by atoms with E-state index in [1.807, 2.05) is 59.2 Å². The van der Waals surface area contributed by atoms with E-state index in [0.717, 1.165) is 39.0 Å². The first-order valence-corrected chi connectivity index (χ1v) is 14.2. The fourth-order valence-electron chi connectivity index (χ4n) is 5.30. The standard InChI is InChI=1S/C31H35N3O2S.BrH/c1-30(2,3)23-17-22(18-24-28(23)37(36)16-15-31(24,4)5)27(35)20-34-26-14-10-9-13-25(26)33(29(34)32)19-21-11-7-6-8-12-21;/h6-14,17-18,32H,15-16,19-20H2,1-5H3;1H. The van der Waals surface area contributed by atoms with E-state index in [4.69, 9.17) is 5.41 Å². The molecule has 5 nitrogen and oxygen atoms in total. The highest BCUT2D eigenvalue weighted by Gasteiger charge is 2.40. The fourth-order valence-corrected chi connectivity index (χ4v) is 7.39. The summed E-state index contributed by atoms with van der Waals surface area (Å²) < 4.78 is 16.9. The van der Waals surface area contributed by atoms with Crippen molar-refractivity contribution in [2.24, 2.45) is 0 Å². The van der Waals surface area contributed by atoms with Gasteiger partial charge in [0, 0.05) is 23.1 Å². The zero-order valence-corrected chi connectivity index (χ0v) is 25.2. The molecule has 200 valence electrons. The summed E-state index contributed by atoms with van der Waals surface area (Å²) in [5.41, 5.74) is 5.44. The van der Waals surface area contributed by atoms with Gasteiger partial charge >= 0.3 is 0 Å². The first-order valence-electron chi connectivity index (χ1n) is 12.8. The van der Waals surface area contributed by atoms with Gasteiger partial charge in [0.2, 0.25) is 5.62 Å². The number of imidazole rings is 1. The van der Waals surface area contributed by atoms with Gasteiger partial charge in [0.25, 0.3) is 0 Å². The van der Waals surface area contributed by atoms with Crippen molar-refractivity contribution >= 4 is 45.0 Å². The summed E-state index contributed by atoms with van der Waals surface area (Å²) in [4.78, 5) is 14.8. The van der Waals surface area contributed by atoms with E-state index in [0.29, 0.717) is 23.5 Å². The lowest BCUT2D eigenvalue weighted by Gasteiger charge is -2.36. The van der Waals surface area contributed by atoms with Crippen LogP contribution in [0.4, 0.5) is 0 Å². The first-order chi connectivity index (χ1) is 17.5. The molecule has 2 heterocycles. The van der Waals surface area contributed by atoms with E-state index < -0.39 is 11.2 Å². The van der Waals surface area contributed by atoms with E-state index in [1.54, 1.807) is 4.57 Å². The highest BCUT2D eigenvalue weighted by molar-refractivity contribution is 8.93. The lowest BCUT2D eigenvalue weighted by atomic mass is 9.76. The van der Waals surface area contributed by atoms with Gasteiger partial charge in [-0.2, -0.15) is 0 Å². The number of fused-ring (bicyclic) bond motifs is 2. The van der Waals surface area contributed by atoms with Gasteiger partial charge in [-0.05, 0) is 51.8 Å². The van der Waals surface area contributed by atoms with E-state index >= 15 is 0 Å². The highest BCUT2D eigenvalue weighted by Crippen LogP contribution is 2.44. The second-order valence-corrected chi connectivity index (χ2v) is 13.2. The number of hydrogen-bond acceptors (Lipinski definition) is 3. The topological polar surface area (TPSA) is 73.8 Å². The maximum atomic E-state index is 13.8. The Labute approximate surface area is 238 Å². The SMILES string of the molecule is Br.CC(C)(C)c1cc(C(=O)Cn2c(=N)n(Cc3ccccc3)c3ccccc32)cc2c1[S+]([O-])CCC2(C)C. The largest absolute Gasteiger partial charge is 0.611 e. The molecule has 1 aliphatic heterocycles. The van der Waals surface area contributed by atoms with Crippen LogP contribution >= 0.6 is 17.0 Å². The number of para-hydroxylation sites is 2. The molecule has 0 saturated carbocycles. The summed E-state index contributed by atoms with van der Waals surface area (Å²) in [5, 5.41) is 9.00. The second-order valence-electron chi connectivity index (χ2n) is 11.7. The number of rotatable bonds is 5. The van der Waals surface area contributed by atoms with Gasteiger partial charge in [-0.1, -0.05) is 77.1 Å². The molecule has 0 amide bonds. The summed E-state index contributed by atoms with van der Waals surface area (Å²) in [5.74, 6) is 0.608. The summed E-state index contributed by atoms with van der Waals surface area (Å²) >= 11 is -1.07. The van der Waals surface area contributed by atoms with Crippen LogP contribution in [0.5, 0.6) is 0 Å². The van der Waals surface area contributed by atoms with Crippen LogP contribution in [-0.2, 0) is 35.1 Å². The Balaban J connectivity index is 0.00000336. The maximum Gasteiger partial charge on any atom is 0.203 e. The van der Waals surface area contributed by atoms with Crippen LogP contribution in [0.2, 0.25) is 0 Å². The van der Waals surface area contributed by atoms with Gasteiger partial charge in [-0.15, -0.1) is 17.0 Å². The summed E-state index contributed by atoms with van der Waals surface area (Å²) in [6, 6.07) is 21.9. The minimum absolute atomic E-state index is 0. The maximum absolute atomic E-state index is 13.8. The number of benzene rings is 3. The second kappa shape index (κ2) is 10.5. The number of aromatic nitrogens is 2. The molecule has 1 unspecified atom stereocenters. The number of nitrogens with zero attached hydrogens (tertiary/aromatic N) is 2. The highest BCUT2D eigenvalue weighted by atomic mass is 79.9. The van der Waals surface area contributed by atoms with Gasteiger partial charge in [0.15, 0.2) is 10.7 Å². The predicted molar refractivity (Wildman–Crippen MR) is 160 cm³/mol. The van der Waals surface area contributed by atoms with Crippen molar-refractivity contribution in [3.63, 3.8) is 0 Å². The summed E-state index contributed by atoms with van der Waals surface area (Å²) in [6.07, 6.45) is 0.826. The van der Waals surface area contributed by atoms with Gasteiger partial charge in [0.05, 0.1) is 24.1 Å². The fraction of sp³-hybridized carbons (Fsp3) is 0.355. The zero-order valence-electron chi connectivity index (χ0n) is 22.7. The zero-order chi connectivity index (χ0) is 26.5. The number of ketones is 1. The Morgan fingerprint density at radius 2 is 1.61 bits per heavy atom. The molecule has 0 spiro atoms. The molecule has 0 saturated heterocycles. The van der Waals surface area contributed by atoms with Crippen molar-refractivity contribution in [1.29, 1.82) is 5.41 Å². The summed E-state index contributed by atoms with van der Waals surface area (Å²) in [6.45, 7) is 11.3. The number of nitrogens with one attached hydrogen (secondary N) is 1. The Hall–Kier alpha value is -2.61. The predicted octanol–water partition coefficient (Wildman–Crippen LogP) is 6.52. The van der Waals surface area contributed by atoms with Gasteiger partial charge in [-0.3, -0.25) is 10.2 Å². The Bertz CT molecular complexity index is 1530. The van der Waals surface area contributed by atoms with Crippen LogP contribution in [-0.4, -0.2) is 25.2 Å². The lowest BCUT2D eigenvalue weighted by Crippen LogP contribution is -2.34. The number of hydrogen-bond donors (Lipinski definition) is 1. The molecule has 0 aliphatic carbocycles. The average Bonchev–Trinajstić information content (AvgIpc) is 3.12. The molecule has 38 heavy (non-hydrogen) atoms. The molecule has 4 aromatic rings. The van der Waals surface area contributed by atoms with E-state index in [9.17, 15) is 9.35 Å². The van der Waals surface area contributed by atoms with Crippen molar-refractivity contribution in [2.75, 3.05) is 5.75 Å². The first kappa shape index (κ1) is 28.4. The molecule has 7 heteroatoms.